The minimum absolute atomic E-state index is 0.158. The quantitative estimate of drug-likeness (QED) is 0.645. The Bertz CT molecular complexity index is 711. The molecule has 0 radical (unpaired) electrons. The first-order valence-electron chi connectivity index (χ1n) is 8.36. The molecule has 2 heterocycles. The lowest BCUT2D eigenvalue weighted by Gasteiger charge is -2.26. The third kappa shape index (κ3) is 4.06. The van der Waals surface area contributed by atoms with Gasteiger partial charge in [0, 0.05) is 36.2 Å². The van der Waals surface area contributed by atoms with E-state index in [9.17, 15) is 0 Å². The molecule has 0 saturated heterocycles. The van der Waals surface area contributed by atoms with Crippen LogP contribution in [-0.2, 0) is 6.42 Å². The van der Waals surface area contributed by atoms with Gasteiger partial charge in [-0.25, -0.2) is 4.98 Å². The molecule has 0 spiro atoms. The van der Waals surface area contributed by atoms with E-state index in [1.165, 1.54) is 5.01 Å². The molecule has 1 unspecified atom stereocenters. The maximum absolute atomic E-state index is 6.06. The Hall–Kier alpha value is -2.08. The van der Waals surface area contributed by atoms with Gasteiger partial charge in [0.05, 0.1) is 23.4 Å². The van der Waals surface area contributed by atoms with E-state index < -0.39 is 0 Å². The molecule has 0 bridgehead atoms. The summed E-state index contributed by atoms with van der Waals surface area (Å²) < 4.78 is 5.67. The Morgan fingerprint density at radius 1 is 1.46 bits per heavy atom. The van der Waals surface area contributed by atoms with Crippen LogP contribution in [0, 0.1) is 0 Å². The third-order valence-electron chi connectivity index (χ3n) is 3.99. The lowest BCUT2D eigenvalue weighted by atomic mass is 10.0. The van der Waals surface area contributed by atoms with E-state index >= 15 is 0 Å². The number of aliphatic imine (C=N–C) groups is 1. The summed E-state index contributed by atoms with van der Waals surface area (Å²) in [7, 11) is 0. The average Bonchev–Trinajstić information content (AvgIpc) is 3.04. The molecule has 3 rings (SSSR count). The molecule has 0 fully saturated rings. The molecule has 6 heteroatoms. The van der Waals surface area contributed by atoms with Crippen molar-refractivity contribution in [3.05, 3.63) is 45.9 Å². The smallest absolute Gasteiger partial charge is 0.189 e. The van der Waals surface area contributed by atoms with E-state index in [-0.39, 0.29) is 6.04 Å². The summed E-state index contributed by atoms with van der Waals surface area (Å²) in [6.45, 7) is 5.66. The molecule has 128 valence electrons. The molecule has 2 aromatic rings. The van der Waals surface area contributed by atoms with Crippen molar-refractivity contribution in [2.45, 2.75) is 38.6 Å². The van der Waals surface area contributed by atoms with Gasteiger partial charge in [-0.05, 0) is 6.07 Å². The van der Waals surface area contributed by atoms with Gasteiger partial charge in [0.25, 0.3) is 0 Å². The number of guanidine groups is 1. The SMILES string of the molecule is CC(C)c1nc(CCN=C(N)NC2CCOc3ccccc32)cs1. The number of nitrogens with one attached hydrogen (secondary N) is 1. The normalized spacial score (nSPS) is 17.5. The molecular formula is C18H24N4OS. The van der Waals surface area contributed by atoms with Crippen LogP contribution in [0.3, 0.4) is 0 Å². The Balaban J connectivity index is 1.55. The van der Waals surface area contributed by atoms with E-state index in [0.717, 1.165) is 29.8 Å². The molecule has 1 atom stereocenters. The summed E-state index contributed by atoms with van der Waals surface area (Å²) in [6, 6.07) is 8.22. The van der Waals surface area contributed by atoms with Gasteiger partial charge in [0.2, 0.25) is 0 Å². The van der Waals surface area contributed by atoms with Crippen LogP contribution in [0.4, 0.5) is 0 Å². The van der Waals surface area contributed by atoms with Crippen LogP contribution in [0.2, 0.25) is 0 Å². The molecule has 1 aromatic heterocycles. The largest absolute Gasteiger partial charge is 0.493 e. The van der Waals surface area contributed by atoms with Gasteiger partial charge in [-0.1, -0.05) is 32.0 Å². The van der Waals surface area contributed by atoms with E-state index in [1.54, 1.807) is 11.3 Å². The lowest BCUT2D eigenvalue weighted by molar-refractivity contribution is 0.262. The summed E-state index contributed by atoms with van der Waals surface area (Å²) in [4.78, 5) is 9.07. The molecule has 5 nitrogen and oxygen atoms in total. The van der Waals surface area contributed by atoms with E-state index in [2.05, 4.69) is 40.6 Å². The fourth-order valence-corrected chi connectivity index (χ4v) is 3.58. The predicted octanol–water partition coefficient (Wildman–Crippen LogP) is 3.24. The number of nitrogens with two attached hydrogens (primary N) is 1. The number of hydrogen-bond donors (Lipinski definition) is 2. The highest BCUT2D eigenvalue weighted by molar-refractivity contribution is 7.09. The summed E-state index contributed by atoms with van der Waals surface area (Å²) >= 11 is 1.72. The molecule has 1 aliphatic rings. The van der Waals surface area contributed by atoms with Gasteiger partial charge in [0.1, 0.15) is 5.75 Å². The van der Waals surface area contributed by atoms with Crippen LogP contribution in [-0.4, -0.2) is 24.1 Å². The fraction of sp³-hybridized carbons (Fsp3) is 0.444. The topological polar surface area (TPSA) is 72.5 Å². The molecular weight excluding hydrogens is 320 g/mol. The van der Waals surface area contributed by atoms with Crippen molar-refractivity contribution in [1.29, 1.82) is 0 Å². The number of aromatic nitrogens is 1. The predicted molar refractivity (Wildman–Crippen MR) is 98.8 cm³/mol. The number of nitrogens with zero attached hydrogens (tertiary/aromatic N) is 2. The molecule has 0 amide bonds. The van der Waals surface area contributed by atoms with Gasteiger partial charge >= 0.3 is 0 Å². The first kappa shape index (κ1) is 16.8. The van der Waals surface area contributed by atoms with Gasteiger partial charge in [0.15, 0.2) is 5.96 Å². The van der Waals surface area contributed by atoms with Crippen molar-refractivity contribution < 1.29 is 4.74 Å². The molecule has 24 heavy (non-hydrogen) atoms. The highest BCUT2D eigenvalue weighted by atomic mass is 32.1. The Kier molecular flexibility index (Phi) is 5.35. The fourth-order valence-electron chi connectivity index (χ4n) is 2.71. The summed E-state index contributed by atoms with van der Waals surface area (Å²) in [6.07, 6.45) is 1.70. The number of ether oxygens (including phenoxy) is 1. The number of thiazole rings is 1. The van der Waals surface area contributed by atoms with Crippen molar-refractivity contribution >= 4 is 17.3 Å². The van der Waals surface area contributed by atoms with Crippen molar-refractivity contribution in [3.63, 3.8) is 0 Å². The first-order chi connectivity index (χ1) is 11.6. The number of rotatable bonds is 5. The Labute approximate surface area is 147 Å². The lowest BCUT2D eigenvalue weighted by Crippen LogP contribution is -2.37. The van der Waals surface area contributed by atoms with Crippen LogP contribution >= 0.6 is 11.3 Å². The van der Waals surface area contributed by atoms with Crippen LogP contribution in [0.1, 0.15) is 48.5 Å². The van der Waals surface area contributed by atoms with Crippen molar-refractivity contribution in [2.24, 2.45) is 10.7 Å². The zero-order valence-electron chi connectivity index (χ0n) is 14.2. The highest BCUT2D eigenvalue weighted by Gasteiger charge is 2.21. The summed E-state index contributed by atoms with van der Waals surface area (Å²) in [5, 5.41) is 6.61. The van der Waals surface area contributed by atoms with Gasteiger partial charge in [-0.15, -0.1) is 11.3 Å². The second-order valence-corrected chi connectivity index (χ2v) is 7.11. The highest BCUT2D eigenvalue weighted by Crippen LogP contribution is 2.31. The average molecular weight is 344 g/mol. The van der Waals surface area contributed by atoms with Gasteiger partial charge in [-0.3, -0.25) is 4.99 Å². The van der Waals surface area contributed by atoms with Crippen LogP contribution in [0.25, 0.3) is 0 Å². The minimum Gasteiger partial charge on any atom is -0.493 e. The molecule has 0 saturated carbocycles. The zero-order valence-corrected chi connectivity index (χ0v) is 15.0. The van der Waals surface area contributed by atoms with Gasteiger partial charge < -0.3 is 15.8 Å². The summed E-state index contributed by atoms with van der Waals surface area (Å²) in [5.41, 5.74) is 8.30. The van der Waals surface area contributed by atoms with E-state index in [1.807, 2.05) is 18.2 Å². The molecule has 1 aromatic carbocycles. The van der Waals surface area contributed by atoms with Gasteiger partial charge in [-0.2, -0.15) is 0 Å². The number of hydrogen-bond acceptors (Lipinski definition) is 4. The third-order valence-corrected chi connectivity index (χ3v) is 5.19. The minimum atomic E-state index is 0.158. The van der Waals surface area contributed by atoms with Crippen LogP contribution in [0.5, 0.6) is 5.75 Å². The number of benzene rings is 1. The monoisotopic (exact) mass is 344 g/mol. The van der Waals surface area contributed by atoms with Crippen molar-refractivity contribution in [3.8, 4) is 5.75 Å². The molecule has 3 N–H and O–H groups in total. The first-order valence-corrected chi connectivity index (χ1v) is 9.24. The number of fused-ring (bicyclic) bond motifs is 1. The Morgan fingerprint density at radius 3 is 3.08 bits per heavy atom. The van der Waals surface area contributed by atoms with Crippen LogP contribution < -0.4 is 15.8 Å². The van der Waals surface area contributed by atoms with Crippen molar-refractivity contribution in [1.82, 2.24) is 10.3 Å². The van der Waals surface area contributed by atoms with Crippen molar-refractivity contribution in [2.75, 3.05) is 13.2 Å². The van der Waals surface area contributed by atoms with E-state index in [4.69, 9.17) is 10.5 Å². The van der Waals surface area contributed by atoms with E-state index in [0.29, 0.717) is 25.0 Å². The zero-order chi connectivity index (χ0) is 16.9. The van der Waals surface area contributed by atoms with Crippen LogP contribution in [0.15, 0.2) is 34.6 Å². The molecule has 0 aliphatic carbocycles. The Morgan fingerprint density at radius 2 is 2.29 bits per heavy atom. The summed E-state index contributed by atoms with van der Waals surface area (Å²) in [5.74, 6) is 1.89. The second kappa shape index (κ2) is 7.66. The number of para-hydroxylation sites is 1. The standard InChI is InChI=1S/C18H24N4OS/c1-12(2)17-21-13(11-24-17)7-9-20-18(19)22-15-8-10-23-16-6-4-3-5-14(15)16/h3-6,11-12,15H,7-10H2,1-2H3,(H3,19,20,22). The molecule has 1 aliphatic heterocycles. The maximum atomic E-state index is 6.06. The maximum Gasteiger partial charge on any atom is 0.189 e. The second-order valence-electron chi connectivity index (χ2n) is 6.22.